The molecule has 0 saturated heterocycles. The van der Waals surface area contributed by atoms with E-state index in [1.54, 1.807) is 0 Å². The van der Waals surface area contributed by atoms with Crippen LogP contribution < -0.4 is 5.32 Å². The molecule has 1 aliphatic carbocycles. The molecule has 1 fully saturated rings. The van der Waals surface area contributed by atoms with Crippen molar-refractivity contribution >= 4 is 34.2 Å². The Morgan fingerprint density at radius 1 is 1.33 bits per heavy atom. The lowest BCUT2D eigenvalue weighted by Crippen LogP contribution is -2.22. The van der Waals surface area contributed by atoms with Gasteiger partial charge in [-0.15, -0.1) is 0 Å². The number of halogens is 1. The second-order valence-electron chi connectivity index (χ2n) is 4.67. The van der Waals surface area contributed by atoms with E-state index in [0.29, 0.717) is 11.6 Å². The van der Waals surface area contributed by atoms with Gasteiger partial charge in [0.25, 0.3) is 0 Å². The molecule has 1 aromatic rings. The molecule has 0 amide bonds. The fourth-order valence-corrected chi connectivity index (χ4v) is 3.01. The van der Waals surface area contributed by atoms with Gasteiger partial charge in [0.2, 0.25) is 0 Å². The lowest BCUT2D eigenvalue weighted by Gasteiger charge is -2.24. The molecule has 3 nitrogen and oxygen atoms in total. The molecule has 0 atom stereocenters. The van der Waals surface area contributed by atoms with Gasteiger partial charge < -0.3 is 10.1 Å². The number of anilines is 1. The summed E-state index contributed by atoms with van der Waals surface area (Å²) in [5, 5.41) is 3.57. The summed E-state index contributed by atoms with van der Waals surface area (Å²) in [4.78, 5) is 11.4. The third-order valence-electron chi connectivity index (χ3n) is 3.35. The number of carbonyl (C=O) groups is 1. The molecule has 1 aromatic carbocycles. The molecule has 1 aliphatic rings. The van der Waals surface area contributed by atoms with Crippen LogP contribution in [0.5, 0.6) is 0 Å². The molecular formula is C14H18INO2. The number of nitrogens with one attached hydrogen (secondary N) is 1. The Balaban J connectivity index is 2.07. The van der Waals surface area contributed by atoms with E-state index < -0.39 is 0 Å². The first-order chi connectivity index (χ1) is 8.70. The van der Waals surface area contributed by atoms with E-state index in [9.17, 15) is 4.79 Å². The molecule has 2 rings (SSSR count). The van der Waals surface area contributed by atoms with Crippen LogP contribution in [-0.4, -0.2) is 19.1 Å². The summed E-state index contributed by atoms with van der Waals surface area (Å²) < 4.78 is 5.79. The summed E-state index contributed by atoms with van der Waals surface area (Å²) in [5.74, 6) is -0.280. The van der Waals surface area contributed by atoms with Crippen molar-refractivity contribution in [1.29, 1.82) is 0 Å². The van der Waals surface area contributed by atoms with Gasteiger partial charge in [-0.1, -0.05) is 19.3 Å². The van der Waals surface area contributed by atoms with Crippen molar-refractivity contribution in [2.45, 2.75) is 38.1 Å². The predicted octanol–water partition coefficient (Wildman–Crippen LogP) is 3.82. The Kier molecular flexibility index (Phi) is 4.86. The first kappa shape index (κ1) is 13.6. The molecule has 0 bridgehead atoms. The van der Waals surface area contributed by atoms with Gasteiger partial charge in [-0.05, 0) is 53.6 Å². The molecule has 0 spiro atoms. The Hall–Kier alpha value is -0.780. The maximum Gasteiger partial charge on any atom is 0.337 e. The maximum absolute atomic E-state index is 11.4. The second-order valence-corrected chi connectivity index (χ2v) is 5.83. The Bertz CT molecular complexity index is 428. The van der Waals surface area contributed by atoms with Crippen LogP contribution in [0.3, 0.4) is 0 Å². The van der Waals surface area contributed by atoms with Crippen LogP contribution in [-0.2, 0) is 4.74 Å². The van der Waals surface area contributed by atoms with Crippen molar-refractivity contribution in [3.63, 3.8) is 0 Å². The molecule has 1 N–H and O–H groups in total. The highest BCUT2D eigenvalue weighted by molar-refractivity contribution is 14.1. The number of ether oxygens (including phenoxy) is 1. The Labute approximate surface area is 121 Å². The number of hydrogen-bond acceptors (Lipinski definition) is 3. The molecule has 4 heteroatoms. The van der Waals surface area contributed by atoms with Crippen molar-refractivity contribution in [2.75, 3.05) is 12.4 Å². The lowest BCUT2D eigenvalue weighted by atomic mass is 9.95. The highest BCUT2D eigenvalue weighted by Crippen LogP contribution is 2.25. The SMILES string of the molecule is COC(=O)c1ccc(NC2CCCCC2)c(I)c1. The molecule has 0 unspecified atom stereocenters. The van der Waals surface area contributed by atoms with Crippen LogP contribution in [0.1, 0.15) is 42.5 Å². The van der Waals surface area contributed by atoms with Gasteiger partial charge in [0.15, 0.2) is 0 Å². The van der Waals surface area contributed by atoms with Crippen molar-refractivity contribution < 1.29 is 9.53 Å². The van der Waals surface area contributed by atoms with Crippen LogP contribution in [0.2, 0.25) is 0 Å². The van der Waals surface area contributed by atoms with Crippen LogP contribution in [0.25, 0.3) is 0 Å². The number of benzene rings is 1. The highest BCUT2D eigenvalue weighted by Gasteiger charge is 2.15. The summed E-state index contributed by atoms with van der Waals surface area (Å²) in [6.07, 6.45) is 6.48. The zero-order valence-corrected chi connectivity index (χ0v) is 12.7. The minimum absolute atomic E-state index is 0.280. The quantitative estimate of drug-likeness (QED) is 0.659. The monoisotopic (exact) mass is 359 g/mol. The standard InChI is InChI=1S/C14H18INO2/c1-18-14(17)10-7-8-13(12(15)9-10)16-11-5-3-2-4-6-11/h7-9,11,16H,2-6H2,1H3. The number of methoxy groups -OCH3 is 1. The van der Waals surface area contributed by atoms with Gasteiger partial charge in [0.05, 0.1) is 12.7 Å². The number of esters is 1. The molecule has 0 radical (unpaired) electrons. The van der Waals surface area contributed by atoms with E-state index in [1.807, 2.05) is 18.2 Å². The van der Waals surface area contributed by atoms with Crippen LogP contribution >= 0.6 is 22.6 Å². The maximum atomic E-state index is 11.4. The van der Waals surface area contributed by atoms with Crippen molar-refractivity contribution in [2.24, 2.45) is 0 Å². The van der Waals surface area contributed by atoms with Gasteiger partial charge in [-0.25, -0.2) is 4.79 Å². The number of hydrogen-bond donors (Lipinski definition) is 1. The molecule has 18 heavy (non-hydrogen) atoms. The largest absolute Gasteiger partial charge is 0.465 e. The fourth-order valence-electron chi connectivity index (χ4n) is 2.34. The Morgan fingerprint density at radius 2 is 2.06 bits per heavy atom. The average molecular weight is 359 g/mol. The van der Waals surface area contributed by atoms with Gasteiger partial charge in [0.1, 0.15) is 0 Å². The lowest BCUT2D eigenvalue weighted by molar-refractivity contribution is 0.0600. The van der Waals surface area contributed by atoms with Crippen LogP contribution in [0.4, 0.5) is 5.69 Å². The molecular weight excluding hydrogens is 341 g/mol. The summed E-state index contributed by atoms with van der Waals surface area (Å²) in [5.41, 5.74) is 1.73. The molecule has 0 heterocycles. The van der Waals surface area contributed by atoms with Crippen molar-refractivity contribution in [3.8, 4) is 0 Å². The first-order valence-corrected chi connectivity index (χ1v) is 7.43. The highest BCUT2D eigenvalue weighted by atomic mass is 127. The summed E-state index contributed by atoms with van der Waals surface area (Å²) in [6, 6.07) is 6.25. The summed E-state index contributed by atoms with van der Waals surface area (Å²) in [6.45, 7) is 0. The van der Waals surface area contributed by atoms with Gasteiger partial charge >= 0.3 is 5.97 Å². The van der Waals surface area contributed by atoms with E-state index in [1.165, 1.54) is 39.2 Å². The Morgan fingerprint density at radius 3 is 2.67 bits per heavy atom. The smallest absolute Gasteiger partial charge is 0.337 e. The van der Waals surface area contributed by atoms with Gasteiger partial charge in [-0.3, -0.25) is 0 Å². The van der Waals surface area contributed by atoms with Crippen molar-refractivity contribution in [1.82, 2.24) is 0 Å². The third kappa shape index (κ3) is 3.37. The fraction of sp³-hybridized carbons (Fsp3) is 0.500. The minimum Gasteiger partial charge on any atom is -0.465 e. The third-order valence-corrected chi connectivity index (χ3v) is 4.25. The van der Waals surface area contributed by atoms with E-state index in [-0.39, 0.29) is 5.97 Å². The topological polar surface area (TPSA) is 38.3 Å². The van der Waals surface area contributed by atoms with E-state index in [0.717, 1.165) is 9.26 Å². The molecule has 0 aromatic heterocycles. The van der Waals surface area contributed by atoms with Crippen LogP contribution in [0, 0.1) is 3.57 Å². The molecule has 0 aliphatic heterocycles. The average Bonchev–Trinajstić information content (AvgIpc) is 2.41. The predicted molar refractivity (Wildman–Crippen MR) is 81.0 cm³/mol. The summed E-state index contributed by atoms with van der Waals surface area (Å²) in [7, 11) is 1.41. The van der Waals surface area contributed by atoms with Gasteiger partial charge in [0, 0.05) is 15.3 Å². The number of carbonyl (C=O) groups excluding carboxylic acids is 1. The first-order valence-electron chi connectivity index (χ1n) is 6.35. The second kappa shape index (κ2) is 6.41. The minimum atomic E-state index is -0.280. The molecule has 98 valence electrons. The normalized spacial score (nSPS) is 16.3. The van der Waals surface area contributed by atoms with E-state index in [2.05, 4.69) is 27.9 Å². The van der Waals surface area contributed by atoms with E-state index in [4.69, 9.17) is 4.74 Å². The van der Waals surface area contributed by atoms with Gasteiger partial charge in [-0.2, -0.15) is 0 Å². The number of rotatable bonds is 3. The zero-order chi connectivity index (χ0) is 13.0. The van der Waals surface area contributed by atoms with Crippen LogP contribution in [0.15, 0.2) is 18.2 Å². The van der Waals surface area contributed by atoms with E-state index >= 15 is 0 Å². The molecule has 1 saturated carbocycles. The van der Waals surface area contributed by atoms with Crippen molar-refractivity contribution in [3.05, 3.63) is 27.3 Å². The summed E-state index contributed by atoms with van der Waals surface area (Å²) >= 11 is 2.26. The zero-order valence-electron chi connectivity index (χ0n) is 10.5.